The number of ether oxygens (including phenoxy) is 2. The van der Waals surface area contributed by atoms with E-state index in [1.54, 1.807) is 7.11 Å². The van der Waals surface area contributed by atoms with Crippen molar-refractivity contribution in [3.8, 4) is 0 Å². The fourth-order valence-corrected chi connectivity index (χ4v) is 2.11. The summed E-state index contributed by atoms with van der Waals surface area (Å²) < 4.78 is 15.9. The normalized spacial score (nSPS) is 26.2. The number of methoxy groups -OCH3 is 1. The van der Waals surface area contributed by atoms with E-state index in [2.05, 4.69) is 17.1 Å². The maximum absolute atomic E-state index is 9.89. The molecule has 0 radical (unpaired) electrons. The molecule has 3 atom stereocenters. The first-order valence-corrected chi connectivity index (χ1v) is 6.38. The average Bonchev–Trinajstić information content (AvgIpc) is 2.85. The van der Waals surface area contributed by atoms with Crippen molar-refractivity contribution in [2.24, 2.45) is 0 Å². The van der Waals surface area contributed by atoms with Gasteiger partial charge in [-0.1, -0.05) is 18.5 Å². The number of aliphatic hydroxyl groups excluding tert-OH is 1. The van der Waals surface area contributed by atoms with Crippen LogP contribution in [0.5, 0.6) is 0 Å². The molecule has 0 amide bonds. The standard InChI is InChI=1S/C12H20N2O4/c1-3-4-10(16-2)11-13-12(18-14-11)8-7-17-6-5-9(8)15/h8-10,15H,3-7H2,1-2H3. The van der Waals surface area contributed by atoms with Gasteiger partial charge in [0.2, 0.25) is 11.7 Å². The Morgan fingerprint density at radius 3 is 3.06 bits per heavy atom. The Bertz CT molecular complexity index is 369. The van der Waals surface area contributed by atoms with Crippen molar-refractivity contribution in [1.82, 2.24) is 10.1 Å². The second-order valence-electron chi connectivity index (χ2n) is 4.54. The summed E-state index contributed by atoms with van der Waals surface area (Å²) in [4.78, 5) is 4.33. The lowest BCUT2D eigenvalue weighted by atomic mass is 9.99. The number of nitrogens with zero attached hydrogens (tertiary/aromatic N) is 2. The van der Waals surface area contributed by atoms with Gasteiger partial charge in [0, 0.05) is 13.7 Å². The maximum atomic E-state index is 9.89. The molecule has 1 aromatic heterocycles. The number of aromatic nitrogens is 2. The lowest BCUT2D eigenvalue weighted by Crippen LogP contribution is -2.30. The quantitative estimate of drug-likeness (QED) is 0.858. The van der Waals surface area contributed by atoms with Gasteiger partial charge in [0.1, 0.15) is 6.10 Å². The second kappa shape index (κ2) is 6.26. The van der Waals surface area contributed by atoms with Crippen molar-refractivity contribution in [3.05, 3.63) is 11.7 Å². The van der Waals surface area contributed by atoms with E-state index in [0.717, 1.165) is 12.8 Å². The average molecular weight is 256 g/mol. The van der Waals surface area contributed by atoms with Gasteiger partial charge < -0.3 is 19.1 Å². The molecule has 0 bridgehead atoms. The summed E-state index contributed by atoms with van der Waals surface area (Å²) in [5.41, 5.74) is 0. The van der Waals surface area contributed by atoms with E-state index in [1.807, 2.05) is 0 Å². The number of rotatable bonds is 5. The predicted molar refractivity (Wildman–Crippen MR) is 63.1 cm³/mol. The zero-order valence-corrected chi connectivity index (χ0v) is 10.8. The van der Waals surface area contributed by atoms with E-state index in [9.17, 15) is 5.11 Å². The fraction of sp³-hybridized carbons (Fsp3) is 0.833. The van der Waals surface area contributed by atoms with Crippen molar-refractivity contribution in [2.45, 2.75) is 44.3 Å². The third-order valence-corrected chi connectivity index (χ3v) is 3.22. The monoisotopic (exact) mass is 256 g/mol. The van der Waals surface area contributed by atoms with E-state index in [-0.39, 0.29) is 12.0 Å². The topological polar surface area (TPSA) is 77.6 Å². The highest BCUT2D eigenvalue weighted by molar-refractivity contribution is 5.00. The van der Waals surface area contributed by atoms with E-state index >= 15 is 0 Å². The Morgan fingerprint density at radius 2 is 2.39 bits per heavy atom. The van der Waals surface area contributed by atoms with Gasteiger partial charge in [-0.15, -0.1) is 0 Å². The smallest absolute Gasteiger partial charge is 0.234 e. The van der Waals surface area contributed by atoms with E-state index in [1.165, 1.54) is 0 Å². The lowest BCUT2D eigenvalue weighted by molar-refractivity contribution is -0.0149. The molecule has 18 heavy (non-hydrogen) atoms. The minimum atomic E-state index is -0.473. The van der Waals surface area contributed by atoms with Gasteiger partial charge in [-0.05, 0) is 12.8 Å². The van der Waals surface area contributed by atoms with Crippen LogP contribution < -0.4 is 0 Å². The fourth-order valence-electron chi connectivity index (χ4n) is 2.11. The summed E-state index contributed by atoms with van der Waals surface area (Å²) in [5.74, 6) is 0.765. The number of hydrogen-bond donors (Lipinski definition) is 1. The van der Waals surface area contributed by atoms with E-state index in [0.29, 0.717) is 31.3 Å². The van der Waals surface area contributed by atoms with Gasteiger partial charge in [0.15, 0.2) is 0 Å². The molecule has 0 saturated carbocycles. The predicted octanol–water partition coefficient (Wildman–Crippen LogP) is 1.42. The zero-order valence-electron chi connectivity index (χ0n) is 10.8. The van der Waals surface area contributed by atoms with Crippen molar-refractivity contribution in [1.29, 1.82) is 0 Å². The Kier molecular flexibility index (Phi) is 4.68. The summed E-state index contributed by atoms with van der Waals surface area (Å²) >= 11 is 0. The van der Waals surface area contributed by atoms with Crippen LogP contribution in [0, 0.1) is 0 Å². The zero-order chi connectivity index (χ0) is 13.0. The molecule has 0 spiro atoms. The molecule has 0 aliphatic carbocycles. The molecule has 2 heterocycles. The summed E-state index contributed by atoms with van der Waals surface area (Å²) in [7, 11) is 1.63. The van der Waals surface area contributed by atoms with Crippen molar-refractivity contribution in [3.63, 3.8) is 0 Å². The highest BCUT2D eigenvalue weighted by atomic mass is 16.5. The molecule has 102 valence electrons. The van der Waals surface area contributed by atoms with Crippen LogP contribution >= 0.6 is 0 Å². The molecule has 6 heteroatoms. The first-order valence-electron chi connectivity index (χ1n) is 6.38. The molecule has 1 aliphatic heterocycles. The van der Waals surface area contributed by atoms with Crippen LogP contribution in [0.2, 0.25) is 0 Å². The van der Waals surface area contributed by atoms with E-state index < -0.39 is 6.10 Å². The van der Waals surface area contributed by atoms with Gasteiger partial charge in [-0.3, -0.25) is 0 Å². The van der Waals surface area contributed by atoms with Crippen LogP contribution in [0.1, 0.15) is 49.9 Å². The minimum Gasteiger partial charge on any atom is -0.392 e. The highest BCUT2D eigenvalue weighted by Crippen LogP contribution is 2.27. The van der Waals surface area contributed by atoms with Gasteiger partial charge in [-0.25, -0.2) is 0 Å². The molecule has 1 fully saturated rings. The largest absolute Gasteiger partial charge is 0.392 e. The molecule has 1 aromatic rings. The Morgan fingerprint density at radius 1 is 1.56 bits per heavy atom. The molecule has 3 unspecified atom stereocenters. The minimum absolute atomic E-state index is 0.144. The molecular formula is C12H20N2O4. The summed E-state index contributed by atoms with van der Waals surface area (Å²) in [5, 5.41) is 13.8. The Labute approximate surface area is 106 Å². The highest BCUT2D eigenvalue weighted by Gasteiger charge is 2.31. The molecule has 6 nitrogen and oxygen atoms in total. The van der Waals surface area contributed by atoms with E-state index in [4.69, 9.17) is 14.0 Å². The lowest BCUT2D eigenvalue weighted by Gasteiger charge is -2.24. The van der Waals surface area contributed by atoms with Crippen LogP contribution in [0.15, 0.2) is 4.52 Å². The summed E-state index contributed by atoms with van der Waals surface area (Å²) in [6.45, 7) is 3.08. The summed E-state index contributed by atoms with van der Waals surface area (Å²) in [6, 6.07) is 0. The maximum Gasteiger partial charge on any atom is 0.234 e. The van der Waals surface area contributed by atoms with Gasteiger partial charge in [0.05, 0.1) is 18.6 Å². The van der Waals surface area contributed by atoms with Gasteiger partial charge in [-0.2, -0.15) is 4.98 Å². The van der Waals surface area contributed by atoms with Gasteiger partial charge >= 0.3 is 0 Å². The van der Waals surface area contributed by atoms with Crippen LogP contribution in [-0.2, 0) is 9.47 Å². The second-order valence-corrected chi connectivity index (χ2v) is 4.54. The molecule has 1 saturated heterocycles. The first kappa shape index (κ1) is 13.5. The molecule has 1 aliphatic rings. The van der Waals surface area contributed by atoms with Crippen LogP contribution in [-0.4, -0.2) is 41.7 Å². The van der Waals surface area contributed by atoms with Crippen LogP contribution in [0.3, 0.4) is 0 Å². The summed E-state index contributed by atoms with van der Waals surface area (Å²) in [6.07, 6.45) is 1.82. The molecule has 1 N–H and O–H groups in total. The van der Waals surface area contributed by atoms with Crippen molar-refractivity contribution < 1.29 is 19.1 Å². The van der Waals surface area contributed by atoms with Gasteiger partial charge in [0.25, 0.3) is 0 Å². The number of aliphatic hydroxyl groups is 1. The Hall–Kier alpha value is -0.980. The third-order valence-electron chi connectivity index (χ3n) is 3.22. The molecule has 0 aromatic carbocycles. The molecular weight excluding hydrogens is 236 g/mol. The Balaban J connectivity index is 2.08. The molecule has 2 rings (SSSR count). The van der Waals surface area contributed by atoms with Crippen LogP contribution in [0.25, 0.3) is 0 Å². The van der Waals surface area contributed by atoms with Crippen molar-refractivity contribution >= 4 is 0 Å². The number of hydrogen-bond acceptors (Lipinski definition) is 6. The van der Waals surface area contributed by atoms with Crippen molar-refractivity contribution in [2.75, 3.05) is 20.3 Å². The third kappa shape index (κ3) is 2.88. The van der Waals surface area contributed by atoms with Crippen LogP contribution in [0.4, 0.5) is 0 Å². The SMILES string of the molecule is CCCC(OC)c1noc(C2COCCC2O)n1. The first-order chi connectivity index (χ1) is 8.76.